The van der Waals surface area contributed by atoms with E-state index < -0.39 is 0 Å². The largest absolute Gasteiger partial charge is 0.496 e. The summed E-state index contributed by atoms with van der Waals surface area (Å²) in [6.45, 7) is 6.90. The summed E-state index contributed by atoms with van der Waals surface area (Å²) in [7, 11) is 3.76. The quantitative estimate of drug-likeness (QED) is 0.821. The summed E-state index contributed by atoms with van der Waals surface area (Å²) in [6.07, 6.45) is 3.72. The van der Waals surface area contributed by atoms with E-state index >= 15 is 0 Å². The van der Waals surface area contributed by atoms with Crippen LogP contribution in [0.15, 0.2) is 11.4 Å². The van der Waals surface area contributed by atoms with E-state index in [1.165, 1.54) is 24.1 Å². The van der Waals surface area contributed by atoms with Crippen LogP contribution in [0.1, 0.15) is 51.0 Å². The number of hydrogen-bond donors (Lipinski definition) is 1. The van der Waals surface area contributed by atoms with Crippen LogP contribution in [0, 0.1) is 5.41 Å². The van der Waals surface area contributed by atoms with Crippen molar-refractivity contribution in [3.8, 4) is 5.75 Å². The molecule has 17 heavy (non-hydrogen) atoms. The van der Waals surface area contributed by atoms with Gasteiger partial charge in [0.2, 0.25) is 0 Å². The second-order valence-corrected chi connectivity index (χ2v) is 6.63. The molecule has 0 aliphatic heterocycles. The van der Waals surface area contributed by atoms with Crippen molar-refractivity contribution in [3.05, 3.63) is 16.3 Å². The van der Waals surface area contributed by atoms with Crippen LogP contribution >= 0.6 is 11.3 Å². The molecule has 0 amide bonds. The Morgan fingerprint density at radius 2 is 2.12 bits per heavy atom. The monoisotopic (exact) mass is 255 g/mol. The van der Waals surface area contributed by atoms with Crippen LogP contribution in [0.4, 0.5) is 0 Å². The van der Waals surface area contributed by atoms with Gasteiger partial charge in [-0.3, -0.25) is 0 Å². The van der Waals surface area contributed by atoms with Crippen LogP contribution in [0.25, 0.3) is 0 Å². The first-order valence-electron chi connectivity index (χ1n) is 6.26. The van der Waals surface area contributed by atoms with Gasteiger partial charge in [-0.25, -0.2) is 0 Å². The molecule has 1 N–H and O–H groups in total. The fraction of sp³-hybridized carbons (Fsp3) is 0.714. The lowest BCUT2D eigenvalue weighted by Gasteiger charge is -2.20. The van der Waals surface area contributed by atoms with Crippen LogP contribution in [0.3, 0.4) is 0 Å². The second kappa shape index (κ2) is 6.41. The molecule has 0 saturated heterocycles. The first-order valence-corrected chi connectivity index (χ1v) is 7.14. The van der Waals surface area contributed by atoms with Crippen LogP contribution < -0.4 is 10.1 Å². The fourth-order valence-electron chi connectivity index (χ4n) is 1.89. The summed E-state index contributed by atoms with van der Waals surface area (Å²) in [5.41, 5.74) is 0.436. The Morgan fingerprint density at radius 1 is 1.41 bits per heavy atom. The number of methoxy groups -OCH3 is 1. The van der Waals surface area contributed by atoms with Gasteiger partial charge >= 0.3 is 0 Å². The van der Waals surface area contributed by atoms with Gasteiger partial charge < -0.3 is 10.1 Å². The molecule has 1 unspecified atom stereocenters. The van der Waals surface area contributed by atoms with Crippen LogP contribution in [0.5, 0.6) is 5.75 Å². The Hall–Kier alpha value is -0.540. The zero-order valence-corrected chi connectivity index (χ0v) is 12.5. The van der Waals surface area contributed by atoms with E-state index in [0.717, 1.165) is 5.75 Å². The Labute approximate surface area is 109 Å². The van der Waals surface area contributed by atoms with Gasteiger partial charge in [0, 0.05) is 16.3 Å². The third-order valence-corrected chi connectivity index (χ3v) is 3.97. The Balaban J connectivity index is 2.48. The maximum absolute atomic E-state index is 5.23. The first-order chi connectivity index (χ1) is 7.96. The Morgan fingerprint density at radius 3 is 2.59 bits per heavy atom. The normalized spacial score (nSPS) is 13.7. The van der Waals surface area contributed by atoms with Crippen molar-refractivity contribution in [3.63, 3.8) is 0 Å². The number of rotatable bonds is 6. The van der Waals surface area contributed by atoms with Gasteiger partial charge in [-0.2, -0.15) is 0 Å². The van der Waals surface area contributed by atoms with Gasteiger partial charge in [0.15, 0.2) is 0 Å². The summed E-state index contributed by atoms with van der Waals surface area (Å²) < 4.78 is 5.23. The van der Waals surface area contributed by atoms with E-state index in [2.05, 4.69) is 37.5 Å². The third-order valence-electron chi connectivity index (χ3n) is 2.94. The standard InChI is InChI=1S/C14H25NOS/c1-14(2,3)8-6-7-12(15-4)13-9-11(16-5)10-17-13/h9-10,12,15H,6-8H2,1-5H3. The number of nitrogens with one attached hydrogen (secondary N) is 1. The maximum atomic E-state index is 5.23. The molecule has 0 bridgehead atoms. The van der Waals surface area contributed by atoms with Crippen molar-refractivity contribution in [2.75, 3.05) is 14.2 Å². The predicted octanol–water partition coefficient (Wildman–Crippen LogP) is 4.23. The fourth-order valence-corrected chi connectivity index (χ4v) is 2.89. The summed E-state index contributed by atoms with van der Waals surface area (Å²) in [4.78, 5) is 1.37. The molecule has 2 nitrogen and oxygen atoms in total. The Bertz CT molecular complexity index is 327. The van der Waals surface area contributed by atoms with Crippen molar-refractivity contribution in [1.82, 2.24) is 5.32 Å². The van der Waals surface area contributed by atoms with Crippen molar-refractivity contribution in [2.45, 2.75) is 46.1 Å². The van der Waals surface area contributed by atoms with Crippen LogP contribution in [-0.2, 0) is 0 Å². The van der Waals surface area contributed by atoms with E-state index in [4.69, 9.17) is 4.74 Å². The van der Waals surface area contributed by atoms with E-state index in [9.17, 15) is 0 Å². The molecule has 1 atom stereocenters. The topological polar surface area (TPSA) is 21.3 Å². The molecule has 1 heterocycles. The maximum Gasteiger partial charge on any atom is 0.129 e. The average molecular weight is 255 g/mol. The van der Waals surface area contributed by atoms with Gasteiger partial charge in [-0.1, -0.05) is 27.2 Å². The summed E-state index contributed by atoms with van der Waals surface area (Å²) >= 11 is 1.78. The van der Waals surface area contributed by atoms with Crippen molar-refractivity contribution < 1.29 is 4.74 Å². The minimum absolute atomic E-state index is 0.436. The van der Waals surface area contributed by atoms with Crippen molar-refractivity contribution in [1.29, 1.82) is 0 Å². The smallest absolute Gasteiger partial charge is 0.129 e. The lowest BCUT2D eigenvalue weighted by atomic mass is 9.89. The molecule has 1 rings (SSSR count). The van der Waals surface area contributed by atoms with Crippen LogP contribution in [-0.4, -0.2) is 14.2 Å². The minimum atomic E-state index is 0.436. The van der Waals surface area contributed by atoms with Gasteiger partial charge in [-0.05, 0) is 31.4 Å². The molecule has 3 heteroatoms. The van der Waals surface area contributed by atoms with E-state index in [0.29, 0.717) is 11.5 Å². The zero-order chi connectivity index (χ0) is 12.9. The highest BCUT2D eigenvalue weighted by molar-refractivity contribution is 7.10. The zero-order valence-electron chi connectivity index (χ0n) is 11.7. The molecule has 0 spiro atoms. The predicted molar refractivity (Wildman–Crippen MR) is 76.0 cm³/mol. The van der Waals surface area contributed by atoms with Crippen molar-refractivity contribution >= 4 is 11.3 Å². The molecular formula is C14H25NOS. The van der Waals surface area contributed by atoms with Crippen molar-refractivity contribution in [2.24, 2.45) is 5.41 Å². The minimum Gasteiger partial charge on any atom is -0.496 e. The molecule has 0 fully saturated rings. The molecule has 0 saturated carbocycles. The third kappa shape index (κ3) is 5.09. The summed E-state index contributed by atoms with van der Waals surface area (Å²) in [6, 6.07) is 2.61. The number of hydrogen-bond acceptors (Lipinski definition) is 3. The molecule has 1 aromatic rings. The van der Waals surface area contributed by atoms with E-state index in [1.807, 2.05) is 7.05 Å². The van der Waals surface area contributed by atoms with E-state index in [1.54, 1.807) is 18.4 Å². The summed E-state index contributed by atoms with van der Waals surface area (Å²) in [5, 5.41) is 5.47. The molecule has 1 aromatic heterocycles. The SMILES string of the molecule is CNC(CCCC(C)(C)C)c1cc(OC)cs1. The Kier molecular flexibility index (Phi) is 5.47. The highest BCUT2D eigenvalue weighted by Gasteiger charge is 2.15. The molecule has 0 aliphatic carbocycles. The van der Waals surface area contributed by atoms with Gasteiger partial charge in [0.05, 0.1) is 7.11 Å². The molecule has 0 radical (unpaired) electrons. The molecule has 0 aliphatic rings. The lowest BCUT2D eigenvalue weighted by molar-refractivity contribution is 0.347. The highest BCUT2D eigenvalue weighted by Crippen LogP contribution is 2.31. The van der Waals surface area contributed by atoms with Gasteiger partial charge in [-0.15, -0.1) is 11.3 Å². The number of ether oxygens (including phenoxy) is 1. The summed E-state index contributed by atoms with van der Waals surface area (Å²) in [5.74, 6) is 0.973. The first kappa shape index (κ1) is 14.5. The highest BCUT2D eigenvalue weighted by atomic mass is 32.1. The molecule has 0 aromatic carbocycles. The van der Waals surface area contributed by atoms with E-state index in [-0.39, 0.29) is 0 Å². The number of thiophene rings is 1. The second-order valence-electron chi connectivity index (χ2n) is 5.68. The van der Waals surface area contributed by atoms with Crippen LogP contribution in [0.2, 0.25) is 0 Å². The average Bonchev–Trinajstić information content (AvgIpc) is 2.71. The van der Waals surface area contributed by atoms with Gasteiger partial charge in [0.25, 0.3) is 0 Å². The molecular weight excluding hydrogens is 230 g/mol. The van der Waals surface area contributed by atoms with Gasteiger partial charge in [0.1, 0.15) is 5.75 Å². The molecule has 98 valence electrons. The lowest BCUT2D eigenvalue weighted by Crippen LogP contribution is -2.16.